The van der Waals surface area contributed by atoms with E-state index in [1.165, 1.54) is 18.7 Å². The van der Waals surface area contributed by atoms with Gasteiger partial charge in [0.05, 0.1) is 17.6 Å². The van der Waals surface area contributed by atoms with E-state index < -0.39 is 23.5 Å². The number of carbonyl (C=O) groups is 1. The molecule has 2 aromatic heterocycles. The van der Waals surface area contributed by atoms with Crippen molar-refractivity contribution in [3.05, 3.63) is 59.7 Å². The third kappa shape index (κ3) is 5.06. The molecule has 6 nitrogen and oxygen atoms in total. The van der Waals surface area contributed by atoms with E-state index in [2.05, 4.69) is 20.6 Å². The molecule has 0 unspecified atom stereocenters. The molecule has 35 heavy (non-hydrogen) atoms. The number of halogens is 4. The summed E-state index contributed by atoms with van der Waals surface area (Å²) in [6, 6.07) is 4.52. The van der Waals surface area contributed by atoms with Gasteiger partial charge in [0.25, 0.3) is 5.91 Å². The second-order valence-corrected chi connectivity index (χ2v) is 9.45. The van der Waals surface area contributed by atoms with Gasteiger partial charge in [0.2, 0.25) is 5.92 Å². The van der Waals surface area contributed by atoms with E-state index in [9.17, 15) is 22.4 Å². The molecule has 5 rings (SSSR count). The number of anilines is 1. The average molecular weight is 488 g/mol. The van der Waals surface area contributed by atoms with Crippen LogP contribution in [0.3, 0.4) is 0 Å². The van der Waals surface area contributed by atoms with Crippen LogP contribution in [0.4, 0.5) is 23.2 Å². The third-order valence-electron chi connectivity index (χ3n) is 6.98. The van der Waals surface area contributed by atoms with Gasteiger partial charge in [0.15, 0.2) is 5.69 Å². The predicted molar refractivity (Wildman–Crippen MR) is 121 cm³/mol. The van der Waals surface area contributed by atoms with Crippen molar-refractivity contribution >= 4 is 11.6 Å². The van der Waals surface area contributed by atoms with Crippen LogP contribution in [0.15, 0.2) is 36.7 Å². The van der Waals surface area contributed by atoms with Crippen LogP contribution >= 0.6 is 0 Å². The number of nitrogens with one attached hydrogen (secondary N) is 1. The van der Waals surface area contributed by atoms with Crippen LogP contribution in [-0.2, 0) is 6.54 Å². The summed E-state index contributed by atoms with van der Waals surface area (Å²) in [6.07, 6.45) is 6.10. The van der Waals surface area contributed by atoms with E-state index in [4.69, 9.17) is 0 Å². The lowest BCUT2D eigenvalue weighted by atomic mass is 9.83. The molecular weight excluding hydrogens is 462 g/mol. The van der Waals surface area contributed by atoms with Gasteiger partial charge in [-0.15, -0.1) is 5.10 Å². The third-order valence-corrected chi connectivity index (χ3v) is 6.98. The molecule has 1 amide bonds. The number of pyridine rings is 1. The zero-order chi connectivity index (χ0) is 24.6. The van der Waals surface area contributed by atoms with Gasteiger partial charge in [0, 0.05) is 42.6 Å². The van der Waals surface area contributed by atoms with Crippen molar-refractivity contribution in [1.29, 1.82) is 0 Å². The van der Waals surface area contributed by atoms with Crippen molar-refractivity contribution in [3.63, 3.8) is 0 Å². The summed E-state index contributed by atoms with van der Waals surface area (Å²) >= 11 is 0. The predicted octanol–water partition coefficient (Wildman–Crippen LogP) is 5.96. The summed E-state index contributed by atoms with van der Waals surface area (Å²) in [7, 11) is 0. The molecule has 2 heterocycles. The van der Waals surface area contributed by atoms with Gasteiger partial charge in [-0.3, -0.25) is 14.5 Å². The summed E-state index contributed by atoms with van der Waals surface area (Å²) < 4.78 is 57.9. The number of carbonyl (C=O) groups excluding carboxylic acids is 1. The topological polar surface area (TPSA) is 72.7 Å². The fourth-order valence-electron chi connectivity index (χ4n) is 4.77. The summed E-state index contributed by atoms with van der Waals surface area (Å²) in [4.78, 5) is 17.5. The first-order valence-electron chi connectivity index (χ1n) is 11.8. The highest BCUT2D eigenvalue weighted by Gasteiger charge is 2.37. The summed E-state index contributed by atoms with van der Waals surface area (Å²) in [5, 5.41) is 10.8. The van der Waals surface area contributed by atoms with E-state index >= 15 is 0 Å². The lowest BCUT2D eigenvalue weighted by molar-refractivity contribution is -0.0384. The average Bonchev–Trinajstić information content (AvgIpc) is 3.27. The van der Waals surface area contributed by atoms with Crippen molar-refractivity contribution in [2.45, 2.75) is 63.3 Å². The number of amides is 1. The SMILES string of the molecule is O=C(Nc1c(-c2cc(F)ccc2F)ccnc1C1CCC(F)(F)CC1)c1cn(CC2CCC2)nn1. The van der Waals surface area contributed by atoms with Crippen molar-refractivity contribution in [2.75, 3.05) is 5.32 Å². The molecule has 0 aliphatic heterocycles. The number of aromatic nitrogens is 4. The fraction of sp³-hybridized carbons (Fsp3) is 0.440. The van der Waals surface area contributed by atoms with E-state index in [1.54, 1.807) is 10.9 Å². The molecular formula is C25H25F4N5O. The first kappa shape index (κ1) is 23.4. The highest BCUT2D eigenvalue weighted by Crippen LogP contribution is 2.44. The minimum Gasteiger partial charge on any atom is -0.318 e. The summed E-state index contributed by atoms with van der Waals surface area (Å²) in [5.74, 6) is -4.50. The van der Waals surface area contributed by atoms with Gasteiger partial charge in [0.1, 0.15) is 11.6 Å². The van der Waals surface area contributed by atoms with Crippen LogP contribution in [0.1, 0.15) is 67.0 Å². The largest absolute Gasteiger partial charge is 0.318 e. The molecule has 0 atom stereocenters. The zero-order valence-electron chi connectivity index (χ0n) is 19.0. The Balaban J connectivity index is 1.49. The zero-order valence-corrected chi connectivity index (χ0v) is 19.0. The quantitative estimate of drug-likeness (QED) is 0.435. The molecule has 2 fully saturated rings. The van der Waals surface area contributed by atoms with Crippen LogP contribution in [0.2, 0.25) is 0 Å². The van der Waals surface area contributed by atoms with Crippen LogP contribution in [0.25, 0.3) is 11.1 Å². The highest BCUT2D eigenvalue weighted by molar-refractivity contribution is 6.05. The maximum absolute atomic E-state index is 14.7. The lowest BCUT2D eigenvalue weighted by Crippen LogP contribution is -2.25. The second kappa shape index (κ2) is 9.39. The van der Waals surface area contributed by atoms with Crippen LogP contribution in [-0.4, -0.2) is 31.8 Å². The Morgan fingerprint density at radius 2 is 1.86 bits per heavy atom. The van der Waals surface area contributed by atoms with E-state index in [0.29, 0.717) is 18.2 Å². The first-order chi connectivity index (χ1) is 16.8. The van der Waals surface area contributed by atoms with Crippen molar-refractivity contribution in [1.82, 2.24) is 20.0 Å². The monoisotopic (exact) mass is 487 g/mol. The Kier molecular flexibility index (Phi) is 6.29. The Bertz CT molecular complexity index is 1230. The molecule has 0 spiro atoms. The van der Waals surface area contributed by atoms with Gasteiger partial charge in [-0.1, -0.05) is 11.6 Å². The molecule has 0 radical (unpaired) electrons. The number of alkyl halides is 2. The van der Waals surface area contributed by atoms with Crippen LogP contribution < -0.4 is 5.32 Å². The van der Waals surface area contributed by atoms with Gasteiger partial charge >= 0.3 is 0 Å². The van der Waals surface area contributed by atoms with Crippen molar-refractivity contribution in [2.24, 2.45) is 5.92 Å². The smallest absolute Gasteiger partial charge is 0.277 e. The second-order valence-electron chi connectivity index (χ2n) is 9.45. The number of rotatable bonds is 6. The minimum atomic E-state index is -2.74. The molecule has 1 N–H and O–H groups in total. The lowest BCUT2D eigenvalue weighted by Gasteiger charge is -2.29. The van der Waals surface area contributed by atoms with Crippen LogP contribution in [0, 0.1) is 17.6 Å². The molecule has 0 saturated heterocycles. The maximum Gasteiger partial charge on any atom is 0.277 e. The van der Waals surface area contributed by atoms with Gasteiger partial charge in [-0.2, -0.15) is 0 Å². The van der Waals surface area contributed by atoms with Gasteiger partial charge in [-0.05, 0) is 55.9 Å². The first-order valence-corrected chi connectivity index (χ1v) is 11.8. The fourth-order valence-corrected chi connectivity index (χ4v) is 4.77. The summed E-state index contributed by atoms with van der Waals surface area (Å²) in [6.45, 7) is 0.675. The molecule has 184 valence electrons. The van der Waals surface area contributed by atoms with Crippen molar-refractivity contribution < 1.29 is 22.4 Å². The van der Waals surface area contributed by atoms with Crippen LogP contribution in [0.5, 0.6) is 0 Å². The normalized spacial score (nSPS) is 18.3. The minimum absolute atomic E-state index is 0.0567. The Labute approximate surface area is 199 Å². The molecule has 1 aromatic carbocycles. The molecule has 0 bridgehead atoms. The number of benzene rings is 1. The van der Waals surface area contributed by atoms with E-state index in [0.717, 1.165) is 31.0 Å². The Morgan fingerprint density at radius 3 is 2.57 bits per heavy atom. The standard InChI is InChI=1S/C25H25F4N5O/c26-17-4-5-20(27)19(12-17)18-8-11-30-22(16-6-9-25(28,29)10-7-16)23(18)31-24(35)21-14-34(33-32-21)13-15-2-1-3-15/h4-5,8,11-12,14-16H,1-3,6-7,9-10,13H2,(H,31,35). The summed E-state index contributed by atoms with van der Waals surface area (Å²) in [5.41, 5.74) is 0.779. The Hall–Kier alpha value is -3.30. The Morgan fingerprint density at radius 1 is 1.09 bits per heavy atom. The molecule has 2 aliphatic carbocycles. The molecule has 3 aromatic rings. The van der Waals surface area contributed by atoms with Gasteiger partial charge < -0.3 is 5.32 Å². The number of nitrogens with zero attached hydrogens (tertiary/aromatic N) is 4. The number of hydrogen-bond acceptors (Lipinski definition) is 4. The molecule has 2 aliphatic rings. The van der Waals surface area contributed by atoms with Gasteiger partial charge in [-0.25, -0.2) is 17.6 Å². The molecule has 2 saturated carbocycles. The highest BCUT2D eigenvalue weighted by atomic mass is 19.3. The maximum atomic E-state index is 14.7. The number of hydrogen-bond donors (Lipinski definition) is 1. The van der Waals surface area contributed by atoms with E-state index in [-0.39, 0.29) is 54.1 Å². The molecule has 10 heteroatoms. The van der Waals surface area contributed by atoms with Crippen molar-refractivity contribution in [3.8, 4) is 11.1 Å². The van der Waals surface area contributed by atoms with E-state index in [1.807, 2.05) is 0 Å².